The molecule has 1 heterocycles. The second-order valence-corrected chi connectivity index (χ2v) is 6.05. The Kier molecular flexibility index (Phi) is 5.06. The molecule has 1 aromatic carbocycles. The first-order valence-electron chi connectivity index (χ1n) is 8.22. The van der Waals surface area contributed by atoms with Crippen molar-refractivity contribution in [2.75, 3.05) is 33.4 Å². The van der Waals surface area contributed by atoms with Crippen LogP contribution < -0.4 is 4.74 Å². The average Bonchev–Trinajstić information content (AvgIpc) is 2.68. The summed E-state index contributed by atoms with van der Waals surface area (Å²) in [5.41, 5.74) is 0.00450. The van der Waals surface area contributed by atoms with Crippen molar-refractivity contribution in [1.29, 1.82) is 0 Å². The molecule has 2 unspecified atom stereocenters. The third-order valence-electron chi connectivity index (χ3n) is 4.73. The largest absolute Gasteiger partial charge is 0.497 e. The van der Waals surface area contributed by atoms with Gasteiger partial charge in [0.1, 0.15) is 5.75 Å². The lowest BCUT2D eigenvalue weighted by Gasteiger charge is -2.35. The number of aliphatic hydroxyl groups is 1. The number of benzene rings is 1. The fourth-order valence-electron chi connectivity index (χ4n) is 3.22. The predicted octanol–water partition coefficient (Wildman–Crippen LogP) is 2.10. The highest BCUT2D eigenvalue weighted by molar-refractivity contribution is 5.48. The first-order chi connectivity index (χ1) is 11.7. The number of terminal acetylenes is 1. The number of nitrogens with zero attached hydrogens (tertiary/aromatic N) is 1. The molecule has 1 fully saturated rings. The van der Waals surface area contributed by atoms with Gasteiger partial charge in [0.2, 0.25) is 0 Å². The van der Waals surface area contributed by atoms with Crippen molar-refractivity contribution in [1.82, 2.24) is 4.90 Å². The lowest BCUT2D eigenvalue weighted by molar-refractivity contribution is 0.0256. The van der Waals surface area contributed by atoms with Crippen LogP contribution in [-0.2, 0) is 10.3 Å². The molecule has 1 saturated heterocycles. The fraction of sp³-hybridized carbons (Fsp3) is 0.400. The molecule has 1 aliphatic heterocycles. The number of hydrogen-bond donors (Lipinski definition) is 1. The molecule has 3 rings (SSSR count). The first kappa shape index (κ1) is 16.8. The maximum Gasteiger partial charge on any atom is 0.176 e. The SMILES string of the molecule is C#CC(O)(C1=CCC(N2CCOCC2)C=C1)c1ccc(OC)cc1. The molecule has 4 nitrogen and oxygen atoms in total. The molecule has 0 bridgehead atoms. The van der Waals surface area contributed by atoms with Crippen LogP contribution in [0, 0.1) is 12.3 Å². The van der Waals surface area contributed by atoms with Crippen LogP contribution in [0.5, 0.6) is 5.75 Å². The minimum atomic E-state index is -1.42. The Morgan fingerprint density at radius 3 is 2.54 bits per heavy atom. The van der Waals surface area contributed by atoms with Crippen molar-refractivity contribution in [3.8, 4) is 18.1 Å². The zero-order valence-corrected chi connectivity index (χ0v) is 13.9. The molecule has 126 valence electrons. The molecule has 2 atom stereocenters. The Balaban J connectivity index is 1.77. The van der Waals surface area contributed by atoms with E-state index in [1.807, 2.05) is 12.2 Å². The maximum atomic E-state index is 11.0. The summed E-state index contributed by atoms with van der Waals surface area (Å²) in [6.07, 6.45) is 12.7. The Morgan fingerprint density at radius 1 is 1.29 bits per heavy atom. The van der Waals surface area contributed by atoms with E-state index in [0.717, 1.165) is 44.0 Å². The third kappa shape index (κ3) is 3.25. The summed E-state index contributed by atoms with van der Waals surface area (Å²) >= 11 is 0. The van der Waals surface area contributed by atoms with Crippen molar-refractivity contribution in [2.45, 2.75) is 18.1 Å². The molecule has 1 aromatic rings. The molecular formula is C20H23NO3. The number of ether oxygens (including phenoxy) is 2. The highest BCUT2D eigenvalue weighted by atomic mass is 16.5. The Bertz CT molecular complexity index is 665. The lowest BCUT2D eigenvalue weighted by atomic mass is 9.83. The molecule has 0 radical (unpaired) electrons. The molecule has 1 N–H and O–H groups in total. The second-order valence-electron chi connectivity index (χ2n) is 6.05. The van der Waals surface area contributed by atoms with E-state index in [9.17, 15) is 5.11 Å². The number of rotatable bonds is 4. The van der Waals surface area contributed by atoms with Crippen LogP contribution >= 0.6 is 0 Å². The van der Waals surface area contributed by atoms with Crippen molar-refractivity contribution in [2.24, 2.45) is 0 Å². The highest BCUT2D eigenvalue weighted by Crippen LogP contribution is 2.33. The van der Waals surface area contributed by atoms with Gasteiger partial charge in [-0.15, -0.1) is 6.42 Å². The van der Waals surface area contributed by atoms with Gasteiger partial charge < -0.3 is 14.6 Å². The van der Waals surface area contributed by atoms with Crippen LogP contribution in [0.3, 0.4) is 0 Å². The third-order valence-corrected chi connectivity index (χ3v) is 4.73. The van der Waals surface area contributed by atoms with E-state index >= 15 is 0 Å². The van der Waals surface area contributed by atoms with Crippen LogP contribution in [0.15, 0.2) is 48.1 Å². The van der Waals surface area contributed by atoms with Crippen LogP contribution in [0.25, 0.3) is 0 Å². The zero-order chi connectivity index (χ0) is 17.0. The number of hydrogen-bond acceptors (Lipinski definition) is 4. The molecule has 0 spiro atoms. The van der Waals surface area contributed by atoms with Crippen LogP contribution in [0.2, 0.25) is 0 Å². The minimum absolute atomic E-state index is 0.343. The van der Waals surface area contributed by atoms with Crippen LogP contribution in [0.4, 0.5) is 0 Å². The van der Waals surface area contributed by atoms with Gasteiger partial charge in [-0.2, -0.15) is 0 Å². The second kappa shape index (κ2) is 7.23. The van der Waals surface area contributed by atoms with Gasteiger partial charge in [-0.05, 0) is 24.1 Å². The summed E-state index contributed by atoms with van der Waals surface area (Å²) in [4.78, 5) is 2.40. The summed E-state index contributed by atoms with van der Waals surface area (Å²) in [6, 6.07) is 7.57. The summed E-state index contributed by atoms with van der Waals surface area (Å²) in [5, 5.41) is 11.0. The predicted molar refractivity (Wildman–Crippen MR) is 93.7 cm³/mol. The molecule has 0 saturated carbocycles. The van der Waals surface area contributed by atoms with Gasteiger partial charge in [0, 0.05) is 24.7 Å². The number of morpholine rings is 1. The lowest BCUT2D eigenvalue weighted by Crippen LogP contribution is -2.43. The van der Waals surface area contributed by atoms with Gasteiger partial charge in [0.25, 0.3) is 0 Å². The van der Waals surface area contributed by atoms with Crippen molar-refractivity contribution >= 4 is 0 Å². The molecule has 0 amide bonds. The minimum Gasteiger partial charge on any atom is -0.497 e. The molecule has 24 heavy (non-hydrogen) atoms. The monoisotopic (exact) mass is 325 g/mol. The maximum absolute atomic E-state index is 11.0. The van der Waals surface area contributed by atoms with E-state index in [0.29, 0.717) is 11.6 Å². The standard InChI is InChI=1S/C20H23NO3/c1-3-20(22,17-6-10-19(23-2)11-7-17)16-4-8-18(9-5-16)21-12-14-24-15-13-21/h1,4-8,10-11,18,22H,9,12-15H2,2H3. The zero-order valence-electron chi connectivity index (χ0n) is 13.9. The van der Waals surface area contributed by atoms with Gasteiger partial charge in [0.05, 0.1) is 20.3 Å². The van der Waals surface area contributed by atoms with Crippen molar-refractivity contribution in [3.63, 3.8) is 0 Å². The molecule has 0 aromatic heterocycles. The summed E-state index contributed by atoms with van der Waals surface area (Å²) in [5.74, 6) is 3.29. The van der Waals surface area contributed by atoms with Crippen molar-refractivity contribution < 1.29 is 14.6 Å². The summed E-state index contributed by atoms with van der Waals surface area (Å²) in [7, 11) is 1.61. The van der Waals surface area contributed by atoms with Gasteiger partial charge in [-0.25, -0.2) is 0 Å². The van der Waals surface area contributed by atoms with Crippen LogP contribution in [0.1, 0.15) is 12.0 Å². The highest BCUT2D eigenvalue weighted by Gasteiger charge is 2.32. The Morgan fingerprint density at radius 2 is 2.00 bits per heavy atom. The van der Waals surface area contributed by atoms with E-state index in [2.05, 4.69) is 16.9 Å². The smallest absolute Gasteiger partial charge is 0.176 e. The molecule has 1 aliphatic carbocycles. The van der Waals surface area contributed by atoms with Gasteiger partial charge in [-0.1, -0.05) is 36.3 Å². The average molecular weight is 325 g/mol. The Hall–Kier alpha value is -2.06. The Labute approximate surface area is 143 Å². The van der Waals surface area contributed by atoms with E-state index < -0.39 is 5.60 Å². The normalized spacial score (nSPS) is 23.9. The topological polar surface area (TPSA) is 41.9 Å². The van der Waals surface area contributed by atoms with E-state index in [-0.39, 0.29) is 0 Å². The van der Waals surface area contributed by atoms with Gasteiger partial charge >= 0.3 is 0 Å². The van der Waals surface area contributed by atoms with Crippen LogP contribution in [-0.4, -0.2) is 49.5 Å². The van der Waals surface area contributed by atoms with E-state index in [1.54, 1.807) is 31.4 Å². The summed E-state index contributed by atoms with van der Waals surface area (Å²) < 4.78 is 10.6. The summed E-state index contributed by atoms with van der Waals surface area (Å²) in [6.45, 7) is 3.44. The van der Waals surface area contributed by atoms with Gasteiger partial charge in [0.15, 0.2) is 5.60 Å². The molecule has 2 aliphatic rings. The quantitative estimate of drug-likeness (QED) is 0.861. The fourth-order valence-corrected chi connectivity index (χ4v) is 3.22. The van der Waals surface area contributed by atoms with Gasteiger partial charge in [-0.3, -0.25) is 4.90 Å². The first-order valence-corrected chi connectivity index (χ1v) is 8.22. The van der Waals surface area contributed by atoms with E-state index in [1.165, 1.54) is 0 Å². The number of methoxy groups -OCH3 is 1. The molecule has 4 heteroatoms. The van der Waals surface area contributed by atoms with E-state index in [4.69, 9.17) is 15.9 Å². The molecular weight excluding hydrogens is 302 g/mol. The van der Waals surface area contributed by atoms with Crippen molar-refractivity contribution in [3.05, 3.63) is 53.6 Å².